The van der Waals surface area contributed by atoms with Gasteiger partial charge in [0, 0.05) is 30.4 Å². The number of fused-ring (bicyclic) bond motifs is 1. The number of aromatic hydroxyl groups is 1. The molecule has 0 aliphatic carbocycles. The first kappa shape index (κ1) is 21.2. The summed E-state index contributed by atoms with van der Waals surface area (Å²) in [5, 5.41) is 22.7. The van der Waals surface area contributed by atoms with E-state index in [4.69, 9.17) is 4.98 Å². The lowest BCUT2D eigenvalue weighted by Gasteiger charge is -2.27. The molecule has 3 heterocycles. The Morgan fingerprint density at radius 1 is 1.19 bits per heavy atom. The van der Waals surface area contributed by atoms with Crippen LogP contribution < -0.4 is 5.32 Å². The van der Waals surface area contributed by atoms with Gasteiger partial charge in [0.15, 0.2) is 22.8 Å². The molecule has 164 valence electrons. The second-order valence-electron chi connectivity index (χ2n) is 8.16. The maximum atomic E-state index is 12.3. The van der Waals surface area contributed by atoms with E-state index in [1.54, 1.807) is 43.8 Å². The van der Waals surface area contributed by atoms with Crippen molar-refractivity contribution in [3.8, 4) is 17.1 Å². The largest absolute Gasteiger partial charge is 0.508 e. The molecule has 0 saturated heterocycles. The Hall–Kier alpha value is -4.01. The van der Waals surface area contributed by atoms with Crippen LogP contribution in [0.5, 0.6) is 5.75 Å². The summed E-state index contributed by atoms with van der Waals surface area (Å²) in [4.78, 5) is 30.2. The van der Waals surface area contributed by atoms with E-state index in [1.165, 1.54) is 12.1 Å². The fraction of sp³-hybridized carbons (Fsp3) is 0.261. The van der Waals surface area contributed by atoms with Crippen LogP contribution in [0.3, 0.4) is 0 Å². The van der Waals surface area contributed by atoms with Crippen LogP contribution >= 0.6 is 0 Å². The molecular formula is C23H24N6O3. The minimum atomic E-state index is -1.38. The molecule has 1 aromatic carbocycles. The second kappa shape index (κ2) is 8.26. The fourth-order valence-electron chi connectivity index (χ4n) is 3.46. The van der Waals surface area contributed by atoms with Crippen molar-refractivity contribution < 1.29 is 15.0 Å². The van der Waals surface area contributed by atoms with Crippen molar-refractivity contribution in [1.29, 1.82) is 0 Å². The first-order chi connectivity index (χ1) is 15.3. The maximum absolute atomic E-state index is 12.3. The normalized spacial score (nSPS) is 13.2. The maximum Gasteiger partial charge on any atom is 0.329 e. The number of aromatic nitrogens is 5. The highest BCUT2D eigenvalue weighted by molar-refractivity contribution is 5.90. The van der Waals surface area contributed by atoms with Gasteiger partial charge in [-0.25, -0.2) is 19.7 Å². The van der Waals surface area contributed by atoms with E-state index in [0.717, 1.165) is 5.56 Å². The highest BCUT2D eigenvalue weighted by Crippen LogP contribution is 2.29. The quantitative estimate of drug-likeness (QED) is 0.404. The Bertz CT molecular complexity index is 1250. The summed E-state index contributed by atoms with van der Waals surface area (Å²) in [6.07, 6.45) is 5.17. The van der Waals surface area contributed by atoms with Gasteiger partial charge >= 0.3 is 5.97 Å². The van der Waals surface area contributed by atoms with E-state index in [0.29, 0.717) is 28.4 Å². The Labute approximate surface area is 184 Å². The minimum absolute atomic E-state index is 0.104. The molecule has 1 atom stereocenters. The first-order valence-corrected chi connectivity index (χ1v) is 10.2. The molecule has 4 aromatic rings. The van der Waals surface area contributed by atoms with Crippen LogP contribution in [0.1, 0.15) is 32.4 Å². The highest BCUT2D eigenvalue weighted by Gasteiger charge is 2.35. The molecule has 9 heteroatoms. The van der Waals surface area contributed by atoms with Crippen molar-refractivity contribution in [2.45, 2.75) is 38.8 Å². The number of nitrogens with one attached hydrogen (secondary N) is 1. The van der Waals surface area contributed by atoms with Crippen LogP contribution in [-0.4, -0.2) is 46.2 Å². The van der Waals surface area contributed by atoms with E-state index in [1.807, 2.05) is 24.5 Å². The van der Waals surface area contributed by atoms with Crippen molar-refractivity contribution in [3.05, 3.63) is 60.7 Å². The number of benzene rings is 1. The number of imidazole rings is 1. The Kier molecular flexibility index (Phi) is 5.48. The van der Waals surface area contributed by atoms with E-state index < -0.39 is 11.5 Å². The lowest BCUT2D eigenvalue weighted by atomic mass is 9.92. The number of aliphatic carboxylic acids is 1. The van der Waals surface area contributed by atoms with Crippen molar-refractivity contribution in [1.82, 2.24) is 24.5 Å². The van der Waals surface area contributed by atoms with Gasteiger partial charge in [0.25, 0.3) is 0 Å². The van der Waals surface area contributed by atoms with E-state index >= 15 is 0 Å². The van der Waals surface area contributed by atoms with E-state index in [2.05, 4.69) is 20.3 Å². The van der Waals surface area contributed by atoms with Crippen LogP contribution in [0, 0.1) is 0 Å². The molecule has 0 fully saturated rings. The molecule has 3 N–H and O–H groups in total. The summed E-state index contributed by atoms with van der Waals surface area (Å²) in [5.74, 6) is -0.162. The lowest BCUT2D eigenvalue weighted by Crippen LogP contribution is -2.45. The van der Waals surface area contributed by atoms with Crippen molar-refractivity contribution in [2.24, 2.45) is 0 Å². The number of hydrogen-bond donors (Lipinski definition) is 3. The number of hydrogen-bond acceptors (Lipinski definition) is 7. The van der Waals surface area contributed by atoms with Gasteiger partial charge in [-0.2, -0.15) is 0 Å². The predicted molar refractivity (Wildman–Crippen MR) is 120 cm³/mol. The lowest BCUT2D eigenvalue weighted by molar-refractivity contribution is -0.141. The first-order valence-electron chi connectivity index (χ1n) is 10.2. The molecule has 4 rings (SSSR count). The zero-order chi connectivity index (χ0) is 22.9. The van der Waals surface area contributed by atoms with Gasteiger partial charge in [-0.1, -0.05) is 12.1 Å². The van der Waals surface area contributed by atoms with Gasteiger partial charge in [0.1, 0.15) is 11.3 Å². The summed E-state index contributed by atoms with van der Waals surface area (Å²) < 4.78 is 1.92. The topological polar surface area (TPSA) is 126 Å². The van der Waals surface area contributed by atoms with Crippen molar-refractivity contribution in [3.63, 3.8) is 0 Å². The van der Waals surface area contributed by atoms with Crippen LogP contribution in [0.4, 0.5) is 5.82 Å². The second-order valence-corrected chi connectivity index (χ2v) is 8.16. The average molecular weight is 432 g/mol. The molecule has 0 radical (unpaired) electrons. The van der Waals surface area contributed by atoms with Gasteiger partial charge in [-0.05, 0) is 50.6 Å². The van der Waals surface area contributed by atoms with Crippen molar-refractivity contribution in [2.75, 3.05) is 5.32 Å². The third kappa shape index (κ3) is 4.09. The standard InChI is InChI=1S/C23H24N6O3/c1-14(2)29-13-25-18-20(26-19(27-21(18)29)16-5-4-10-24-12-16)28-23(3,22(31)32)11-15-6-8-17(30)9-7-15/h4-10,12-14,30H,11H2,1-3H3,(H,31,32)(H,26,27,28)/t23-/m0/s1. The van der Waals surface area contributed by atoms with Gasteiger partial charge in [-0.15, -0.1) is 0 Å². The van der Waals surface area contributed by atoms with Gasteiger partial charge in [-0.3, -0.25) is 4.98 Å². The Morgan fingerprint density at radius 2 is 1.94 bits per heavy atom. The number of phenols is 1. The summed E-state index contributed by atoms with van der Waals surface area (Å²) >= 11 is 0. The zero-order valence-corrected chi connectivity index (χ0v) is 18.0. The number of carbonyl (C=O) groups is 1. The number of nitrogens with zero attached hydrogens (tertiary/aromatic N) is 5. The van der Waals surface area contributed by atoms with Gasteiger partial charge in [0.2, 0.25) is 0 Å². The Morgan fingerprint density at radius 3 is 2.56 bits per heavy atom. The Balaban J connectivity index is 1.82. The number of phenolic OH excluding ortho intramolecular Hbond substituents is 1. The summed E-state index contributed by atoms with van der Waals surface area (Å²) in [6, 6.07) is 10.2. The zero-order valence-electron chi connectivity index (χ0n) is 18.0. The average Bonchev–Trinajstić information content (AvgIpc) is 3.20. The molecule has 32 heavy (non-hydrogen) atoms. The number of rotatable bonds is 7. The molecule has 9 nitrogen and oxygen atoms in total. The molecule has 3 aromatic heterocycles. The van der Waals surface area contributed by atoms with Crippen LogP contribution in [0.25, 0.3) is 22.6 Å². The van der Waals surface area contributed by atoms with E-state index in [9.17, 15) is 15.0 Å². The summed E-state index contributed by atoms with van der Waals surface area (Å²) in [6.45, 7) is 5.64. The molecule has 0 aliphatic heterocycles. The molecule has 0 saturated carbocycles. The monoisotopic (exact) mass is 432 g/mol. The molecule has 0 bridgehead atoms. The molecule has 0 unspecified atom stereocenters. The van der Waals surface area contributed by atoms with E-state index in [-0.39, 0.29) is 18.2 Å². The SMILES string of the molecule is CC(C)n1cnc2c(N[C@@](C)(Cc3ccc(O)cc3)C(=O)O)nc(-c3cccnc3)nc21. The smallest absolute Gasteiger partial charge is 0.329 e. The van der Waals surface area contributed by atoms with Crippen LogP contribution in [-0.2, 0) is 11.2 Å². The minimum Gasteiger partial charge on any atom is -0.508 e. The highest BCUT2D eigenvalue weighted by atomic mass is 16.4. The molecular weight excluding hydrogens is 408 g/mol. The summed E-state index contributed by atoms with van der Waals surface area (Å²) in [5.41, 5.74) is 1.18. The van der Waals surface area contributed by atoms with Gasteiger partial charge < -0.3 is 20.1 Å². The van der Waals surface area contributed by atoms with Gasteiger partial charge in [0.05, 0.1) is 6.33 Å². The fourth-order valence-corrected chi connectivity index (χ4v) is 3.46. The van der Waals surface area contributed by atoms with Crippen molar-refractivity contribution >= 4 is 23.0 Å². The van der Waals surface area contributed by atoms with Crippen LogP contribution in [0.15, 0.2) is 55.1 Å². The number of carboxylic acids is 1. The predicted octanol–water partition coefficient (Wildman–Crippen LogP) is 3.67. The third-order valence-corrected chi connectivity index (χ3v) is 5.26. The van der Waals surface area contributed by atoms with Crippen LogP contribution in [0.2, 0.25) is 0 Å². The number of pyridine rings is 1. The molecule has 0 spiro atoms. The number of carboxylic acid groups (broad SMARTS) is 1. The third-order valence-electron chi connectivity index (χ3n) is 5.26. The molecule has 0 aliphatic rings. The molecule has 0 amide bonds. The summed E-state index contributed by atoms with van der Waals surface area (Å²) in [7, 11) is 0. The number of anilines is 1.